The van der Waals surface area contributed by atoms with Crippen LogP contribution in [0.4, 0.5) is 5.69 Å². The summed E-state index contributed by atoms with van der Waals surface area (Å²) in [4.78, 5) is 18.7. The maximum Gasteiger partial charge on any atom is 0.275 e. The van der Waals surface area contributed by atoms with Crippen molar-refractivity contribution in [1.82, 2.24) is 9.88 Å². The molecule has 26 heavy (non-hydrogen) atoms. The first kappa shape index (κ1) is 22.8. The molecule has 0 bridgehead atoms. The Hall–Kier alpha value is -1.22. The van der Waals surface area contributed by atoms with Gasteiger partial charge in [0.25, 0.3) is 5.91 Å². The molecule has 0 unspecified atom stereocenters. The lowest BCUT2D eigenvalue weighted by molar-refractivity contribution is 0.0384. The quantitative estimate of drug-likeness (QED) is 0.753. The molecule has 1 aliphatic heterocycles. The average molecular weight is 419 g/mol. The molecule has 1 amide bonds. The Bertz CT molecular complexity index is 676. The Morgan fingerprint density at radius 3 is 2.54 bits per heavy atom. The topological polar surface area (TPSA) is 80.5 Å². The molecule has 1 aromatic carbocycles. The minimum atomic E-state index is -0.202. The number of hydrogen-bond acceptors (Lipinski definition) is 6. The molecule has 0 spiro atoms. The third-order valence-corrected chi connectivity index (χ3v) is 4.86. The molecule has 3 rings (SSSR count). The third-order valence-electron chi connectivity index (χ3n) is 3.99. The lowest BCUT2D eigenvalue weighted by atomic mass is 10.1. The van der Waals surface area contributed by atoms with Crippen LogP contribution < -0.4 is 11.1 Å². The molecule has 144 valence electrons. The molecule has 0 saturated carbocycles. The zero-order chi connectivity index (χ0) is 16.8. The van der Waals surface area contributed by atoms with Gasteiger partial charge in [0.15, 0.2) is 0 Å². The zero-order valence-electron chi connectivity index (χ0n) is 14.3. The number of morpholine rings is 1. The molecule has 0 radical (unpaired) electrons. The molecule has 6 nitrogen and oxygen atoms in total. The van der Waals surface area contributed by atoms with E-state index >= 15 is 0 Å². The van der Waals surface area contributed by atoms with Crippen LogP contribution in [-0.4, -0.2) is 48.6 Å². The SMILES string of the molecule is Cl.Cl.NCc1nc(C(=O)Nc2ccc(CCN3CCOCC3)cc2)cs1. The largest absolute Gasteiger partial charge is 0.379 e. The summed E-state index contributed by atoms with van der Waals surface area (Å²) >= 11 is 1.40. The smallest absolute Gasteiger partial charge is 0.275 e. The lowest BCUT2D eigenvalue weighted by Gasteiger charge is -2.26. The molecule has 3 N–H and O–H groups in total. The van der Waals surface area contributed by atoms with Gasteiger partial charge in [-0.05, 0) is 24.1 Å². The fourth-order valence-corrected chi connectivity index (χ4v) is 3.23. The second-order valence-electron chi connectivity index (χ2n) is 5.69. The van der Waals surface area contributed by atoms with Crippen molar-refractivity contribution in [3.8, 4) is 0 Å². The maximum atomic E-state index is 12.1. The number of nitrogens with zero attached hydrogens (tertiary/aromatic N) is 2. The summed E-state index contributed by atoms with van der Waals surface area (Å²) in [6, 6.07) is 7.98. The van der Waals surface area contributed by atoms with Gasteiger partial charge in [-0.15, -0.1) is 36.2 Å². The van der Waals surface area contributed by atoms with Crippen molar-refractivity contribution in [2.24, 2.45) is 5.73 Å². The van der Waals surface area contributed by atoms with Crippen molar-refractivity contribution >= 4 is 47.7 Å². The maximum absolute atomic E-state index is 12.1. The van der Waals surface area contributed by atoms with Gasteiger partial charge in [-0.25, -0.2) is 4.98 Å². The number of ether oxygens (including phenoxy) is 1. The van der Waals surface area contributed by atoms with Crippen molar-refractivity contribution in [2.45, 2.75) is 13.0 Å². The van der Waals surface area contributed by atoms with E-state index in [1.165, 1.54) is 16.9 Å². The highest BCUT2D eigenvalue weighted by molar-refractivity contribution is 7.09. The van der Waals surface area contributed by atoms with Crippen LogP contribution in [0.1, 0.15) is 21.1 Å². The van der Waals surface area contributed by atoms with E-state index in [2.05, 4.69) is 27.3 Å². The Morgan fingerprint density at radius 1 is 1.23 bits per heavy atom. The summed E-state index contributed by atoms with van der Waals surface area (Å²) < 4.78 is 5.36. The number of anilines is 1. The molecule has 1 saturated heterocycles. The van der Waals surface area contributed by atoms with Gasteiger partial charge in [-0.3, -0.25) is 9.69 Å². The van der Waals surface area contributed by atoms with E-state index in [1.807, 2.05) is 12.1 Å². The molecule has 2 heterocycles. The summed E-state index contributed by atoms with van der Waals surface area (Å²) in [6.07, 6.45) is 1.00. The van der Waals surface area contributed by atoms with Crippen molar-refractivity contribution in [3.05, 3.63) is 45.9 Å². The number of carbonyl (C=O) groups excluding carboxylic acids is 1. The number of thiazole rings is 1. The van der Waals surface area contributed by atoms with Crippen molar-refractivity contribution in [3.63, 3.8) is 0 Å². The first-order valence-electron chi connectivity index (χ1n) is 8.09. The normalized spacial score (nSPS) is 14.2. The predicted octanol–water partition coefficient (Wildman–Crippen LogP) is 2.57. The van der Waals surface area contributed by atoms with Crippen LogP contribution in [0.2, 0.25) is 0 Å². The lowest BCUT2D eigenvalue weighted by Crippen LogP contribution is -2.37. The number of carbonyl (C=O) groups is 1. The summed E-state index contributed by atoms with van der Waals surface area (Å²) in [6.45, 7) is 5.06. The Kier molecular flexibility index (Phi) is 10.1. The number of aromatic nitrogens is 1. The fourth-order valence-electron chi connectivity index (χ4n) is 2.57. The zero-order valence-corrected chi connectivity index (χ0v) is 16.8. The predicted molar refractivity (Wildman–Crippen MR) is 110 cm³/mol. The van der Waals surface area contributed by atoms with Crippen molar-refractivity contribution in [1.29, 1.82) is 0 Å². The first-order valence-corrected chi connectivity index (χ1v) is 8.97. The molecule has 2 aromatic rings. The molecule has 1 aromatic heterocycles. The minimum absolute atomic E-state index is 0. The summed E-state index contributed by atoms with van der Waals surface area (Å²) in [7, 11) is 0. The Labute approximate surface area is 169 Å². The van der Waals surface area contributed by atoms with E-state index in [0.29, 0.717) is 12.2 Å². The van der Waals surface area contributed by atoms with Crippen LogP contribution in [0, 0.1) is 0 Å². The van der Waals surface area contributed by atoms with Gasteiger partial charge in [-0.1, -0.05) is 12.1 Å². The second kappa shape index (κ2) is 11.5. The van der Waals surface area contributed by atoms with Crippen LogP contribution in [0.5, 0.6) is 0 Å². The van der Waals surface area contributed by atoms with Gasteiger partial charge in [0.1, 0.15) is 10.7 Å². The van der Waals surface area contributed by atoms with E-state index in [4.69, 9.17) is 10.5 Å². The van der Waals surface area contributed by atoms with E-state index < -0.39 is 0 Å². The van der Waals surface area contributed by atoms with Gasteiger partial charge >= 0.3 is 0 Å². The van der Waals surface area contributed by atoms with Crippen LogP contribution in [0.25, 0.3) is 0 Å². The van der Waals surface area contributed by atoms with E-state index in [-0.39, 0.29) is 30.7 Å². The van der Waals surface area contributed by atoms with Crippen molar-refractivity contribution in [2.75, 3.05) is 38.2 Å². The monoisotopic (exact) mass is 418 g/mol. The summed E-state index contributed by atoms with van der Waals surface area (Å²) in [5.74, 6) is -0.202. The number of rotatable bonds is 6. The standard InChI is InChI=1S/C17H22N4O2S.2ClH/c18-11-16-20-15(12-24-16)17(22)19-14-3-1-13(2-4-14)5-6-21-7-9-23-10-8-21;;/h1-4,12H,5-11,18H2,(H,19,22);2*1H. The van der Waals surface area contributed by atoms with E-state index in [1.54, 1.807) is 5.38 Å². The first-order chi connectivity index (χ1) is 11.7. The minimum Gasteiger partial charge on any atom is -0.379 e. The summed E-state index contributed by atoms with van der Waals surface area (Å²) in [5, 5.41) is 5.36. The molecule has 9 heteroatoms. The second-order valence-corrected chi connectivity index (χ2v) is 6.63. The third kappa shape index (κ3) is 6.50. The fraction of sp³-hybridized carbons (Fsp3) is 0.412. The van der Waals surface area contributed by atoms with Gasteiger partial charge < -0.3 is 15.8 Å². The van der Waals surface area contributed by atoms with Crippen molar-refractivity contribution < 1.29 is 9.53 Å². The number of benzene rings is 1. The highest BCUT2D eigenvalue weighted by Gasteiger charge is 2.11. The summed E-state index contributed by atoms with van der Waals surface area (Å²) in [5.41, 5.74) is 7.97. The molecule has 1 aliphatic rings. The van der Waals surface area contributed by atoms with Crippen LogP contribution in [-0.2, 0) is 17.7 Å². The van der Waals surface area contributed by atoms with E-state index in [0.717, 1.165) is 50.0 Å². The van der Waals surface area contributed by atoms with Crippen LogP contribution in [0.3, 0.4) is 0 Å². The number of halogens is 2. The van der Waals surface area contributed by atoms with Gasteiger partial charge in [0.05, 0.1) is 13.2 Å². The Morgan fingerprint density at radius 2 is 1.92 bits per heavy atom. The van der Waals surface area contributed by atoms with Gasteiger partial charge in [0.2, 0.25) is 0 Å². The van der Waals surface area contributed by atoms with E-state index in [9.17, 15) is 4.79 Å². The molecular weight excluding hydrogens is 395 g/mol. The van der Waals surface area contributed by atoms with Gasteiger partial charge in [0, 0.05) is 37.2 Å². The molecule has 0 aliphatic carbocycles. The number of nitrogens with two attached hydrogens (primary N) is 1. The Balaban J connectivity index is 0.00000169. The number of amides is 1. The molecule has 0 atom stereocenters. The number of nitrogens with one attached hydrogen (secondary N) is 1. The van der Waals surface area contributed by atoms with Gasteiger partial charge in [-0.2, -0.15) is 0 Å². The van der Waals surface area contributed by atoms with Crippen LogP contribution in [0.15, 0.2) is 29.6 Å². The average Bonchev–Trinajstić information content (AvgIpc) is 3.11. The van der Waals surface area contributed by atoms with Crippen LogP contribution >= 0.6 is 36.2 Å². The molecule has 1 fully saturated rings. The molecular formula is C17H24Cl2N4O2S. The highest BCUT2D eigenvalue weighted by atomic mass is 35.5. The highest BCUT2D eigenvalue weighted by Crippen LogP contribution is 2.14. The number of hydrogen-bond donors (Lipinski definition) is 2.